The van der Waals surface area contributed by atoms with Gasteiger partial charge in [-0.25, -0.2) is 4.68 Å². The van der Waals surface area contributed by atoms with Crippen LogP contribution >= 0.6 is 11.9 Å². The second-order valence-electron chi connectivity index (χ2n) is 7.05. The van der Waals surface area contributed by atoms with Crippen LogP contribution in [0.3, 0.4) is 0 Å². The number of carbonyl (C=O) groups is 1. The Kier molecular flexibility index (Phi) is 5.04. The van der Waals surface area contributed by atoms with E-state index in [1.165, 1.54) is 10.7 Å². The van der Waals surface area contributed by atoms with E-state index in [2.05, 4.69) is 21.7 Å². The molecule has 0 saturated heterocycles. The number of ether oxygens (including phenoxy) is 1. The molecule has 144 valence electrons. The Morgan fingerprint density at radius 1 is 1.25 bits per heavy atom. The molecular formula is C20H19FN4O2S. The van der Waals surface area contributed by atoms with Gasteiger partial charge >= 0.3 is 0 Å². The summed E-state index contributed by atoms with van der Waals surface area (Å²) in [7, 11) is 0. The lowest BCUT2D eigenvalue weighted by atomic mass is 10.2. The van der Waals surface area contributed by atoms with Crippen molar-refractivity contribution in [2.45, 2.75) is 24.7 Å². The second-order valence-corrected chi connectivity index (χ2v) is 7.93. The zero-order chi connectivity index (χ0) is 19.6. The third-order valence-corrected chi connectivity index (χ3v) is 5.35. The molecule has 1 N–H and O–H groups in total. The van der Waals surface area contributed by atoms with E-state index < -0.39 is 11.9 Å². The second kappa shape index (κ2) is 7.63. The van der Waals surface area contributed by atoms with Crippen LogP contribution in [-0.4, -0.2) is 27.3 Å². The maximum absolute atomic E-state index is 14.4. The maximum atomic E-state index is 14.4. The number of pyridine rings is 1. The zero-order valence-electron chi connectivity index (χ0n) is 15.3. The number of halogens is 1. The summed E-state index contributed by atoms with van der Waals surface area (Å²) in [5, 5.41) is 4.26. The molecule has 2 heterocycles. The van der Waals surface area contributed by atoms with Gasteiger partial charge in [0.25, 0.3) is 5.91 Å². The van der Waals surface area contributed by atoms with Gasteiger partial charge in [-0.05, 0) is 49.1 Å². The molecule has 0 spiro atoms. The normalized spacial score (nSPS) is 14.5. The van der Waals surface area contributed by atoms with Crippen LogP contribution in [0, 0.1) is 11.4 Å². The van der Waals surface area contributed by atoms with E-state index in [0.29, 0.717) is 12.5 Å². The Morgan fingerprint density at radius 3 is 2.75 bits per heavy atom. The lowest BCUT2D eigenvalue weighted by molar-refractivity contribution is 0.0979. The Balaban J connectivity index is 1.41. The molecule has 0 radical (unpaired) electrons. The lowest BCUT2D eigenvalue weighted by Crippen LogP contribution is -2.18. The van der Waals surface area contributed by atoms with Crippen LogP contribution < -0.4 is 9.46 Å². The smallest absolute Gasteiger partial charge is 0.266 e. The molecule has 4 rings (SSSR count). The highest BCUT2D eigenvalue weighted by Crippen LogP contribution is 2.44. The van der Waals surface area contributed by atoms with E-state index >= 15 is 0 Å². The molecule has 0 bridgehead atoms. The van der Waals surface area contributed by atoms with Crippen molar-refractivity contribution in [1.29, 1.82) is 0 Å². The quantitative estimate of drug-likeness (QED) is 0.481. The molecule has 2 aromatic heterocycles. The van der Waals surface area contributed by atoms with Gasteiger partial charge in [0, 0.05) is 22.6 Å². The number of carbonyl (C=O) groups excluding carboxylic acids is 1. The van der Waals surface area contributed by atoms with Crippen molar-refractivity contribution < 1.29 is 13.9 Å². The van der Waals surface area contributed by atoms with Crippen molar-refractivity contribution in [3.8, 4) is 11.7 Å². The molecule has 1 aliphatic carbocycles. The molecule has 28 heavy (non-hydrogen) atoms. The molecule has 6 nitrogen and oxygen atoms in total. The predicted octanol–water partition coefficient (Wildman–Crippen LogP) is 4.02. The minimum absolute atomic E-state index is 0.127. The first kappa shape index (κ1) is 18.5. The average molecular weight is 398 g/mol. The summed E-state index contributed by atoms with van der Waals surface area (Å²) in [5.74, 6) is -0.659. The van der Waals surface area contributed by atoms with Gasteiger partial charge in [0.05, 0.1) is 12.2 Å². The fourth-order valence-corrected chi connectivity index (χ4v) is 3.10. The number of hydrogen-bond acceptors (Lipinski definition) is 5. The third-order valence-electron chi connectivity index (χ3n) is 4.55. The van der Waals surface area contributed by atoms with Crippen molar-refractivity contribution in [3.63, 3.8) is 0 Å². The fraction of sp³-hybridized carbons (Fsp3) is 0.250. The SMILES string of the molecule is CC1(COc2ccn(-c3ccc(C(=O)NSc4ccccc4)c(F)n3)n2)CC1. The highest BCUT2D eigenvalue weighted by atomic mass is 32.2. The summed E-state index contributed by atoms with van der Waals surface area (Å²) in [4.78, 5) is 16.9. The molecule has 8 heteroatoms. The molecule has 1 saturated carbocycles. The van der Waals surface area contributed by atoms with Crippen LogP contribution in [0.2, 0.25) is 0 Å². The first-order chi connectivity index (χ1) is 13.5. The fourth-order valence-electron chi connectivity index (χ4n) is 2.49. The summed E-state index contributed by atoms with van der Waals surface area (Å²) >= 11 is 1.12. The standard InChI is InChI=1S/C20H19FN4O2S/c1-20(10-11-20)13-27-17-9-12-25(23-17)16-8-7-15(18(21)22-16)19(26)24-28-14-5-3-2-4-6-14/h2-9,12H,10-11,13H2,1H3,(H,24,26). The van der Waals surface area contributed by atoms with Crippen molar-refractivity contribution >= 4 is 17.9 Å². The van der Waals surface area contributed by atoms with E-state index in [-0.39, 0.29) is 16.8 Å². The predicted molar refractivity (Wildman–Crippen MR) is 104 cm³/mol. The monoisotopic (exact) mass is 398 g/mol. The van der Waals surface area contributed by atoms with Crippen LogP contribution in [0.1, 0.15) is 30.1 Å². The van der Waals surface area contributed by atoms with Gasteiger partial charge in [0.2, 0.25) is 11.8 Å². The molecule has 1 aromatic carbocycles. The largest absolute Gasteiger partial charge is 0.476 e. The maximum Gasteiger partial charge on any atom is 0.266 e. The van der Waals surface area contributed by atoms with Gasteiger partial charge in [-0.15, -0.1) is 5.10 Å². The molecular weight excluding hydrogens is 379 g/mol. The highest BCUT2D eigenvalue weighted by molar-refractivity contribution is 7.98. The minimum atomic E-state index is -0.855. The highest BCUT2D eigenvalue weighted by Gasteiger charge is 2.38. The first-order valence-electron chi connectivity index (χ1n) is 8.90. The van der Waals surface area contributed by atoms with Crippen LogP contribution in [0.15, 0.2) is 59.6 Å². The Labute approximate surface area is 166 Å². The number of rotatable bonds is 7. The van der Waals surface area contributed by atoms with Crippen molar-refractivity contribution in [3.05, 3.63) is 66.2 Å². The van der Waals surface area contributed by atoms with Gasteiger partial charge < -0.3 is 4.74 Å². The van der Waals surface area contributed by atoms with Gasteiger partial charge in [0.1, 0.15) is 0 Å². The molecule has 1 fully saturated rings. The number of nitrogens with one attached hydrogen (secondary N) is 1. The topological polar surface area (TPSA) is 69.0 Å². The summed E-state index contributed by atoms with van der Waals surface area (Å²) in [5.41, 5.74) is 0.124. The van der Waals surface area contributed by atoms with Gasteiger partial charge in [-0.3, -0.25) is 9.52 Å². The Morgan fingerprint density at radius 2 is 2.04 bits per heavy atom. The zero-order valence-corrected chi connectivity index (χ0v) is 16.1. The van der Waals surface area contributed by atoms with E-state index in [4.69, 9.17) is 4.74 Å². The van der Waals surface area contributed by atoms with Crippen molar-refractivity contribution in [1.82, 2.24) is 19.5 Å². The van der Waals surface area contributed by atoms with Crippen LogP contribution in [0.4, 0.5) is 4.39 Å². The van der Waals surface area contributed by atoms with Crippen molar-refractivity contribution in [2.24, 2.45) is 5.41 Å². The number of hydrogen-bond donors (Lipinski definition) is 1. The number of amides is 1. The van der Waals surface area contributed by atoms with Crippen molar-refractivity contribution in [2.75, 3.05) is 6.61 Å². The molecule has 3 aromatic rings. The number of benzene rings is 1. The van der Waals surface area contributed by atoms with E-state index in [0.717, 1.165) is 29.7 Å². The van der Waals surface area contributed by atoms with E-state index in [1.54, 1.807) is 18.3 Å². The molecule has 0 aliphatic heterocycles. The van der Waals surface area contributed by atoms with Gasteiger partial charge in [-0.2, -0.15) is 9.37 Å². The summed E-state index contributed by atoms with van der Waals surface area (Å²) in [6.45, 7) is 2.78. The van der Waals surface area contributed by atoms with Crippen LogP contribution in [0.25, 0.3) is 5.82 Å². The van der Waals surface area contributed by atoms with Crippen LogP contribution in [0.5, 0.6) is 5.88 Å². The van der Waals surface area contributed by atoms with Crippen LogP contribution in [-0.2, 0) is 0 Å². The van der Waals surface area contributed by atoms with Gasteiger partial charge in [-0.1, -0.05) is 25.1 Å². The van der Waals surface area contributed by atoms with Gasteiger partial charge in [0.15, 0.2) is 5.82 Å². The number of nitrogens with zero attached hydrogens (tertiary/aromatic N) is 3. The molecule has 0 atom stereocenters. The average Bonchev–Trinajstić information content (AvgIpc) is 3.26. The summed E-state index contributed by atoms with van der Waals surface area (Å²) in [6, 6.07) is 14.0. The number of aromatic nitrogens is 3. The summed E-state index contributed by atoms with van der Waals surface area (Å²) in [6.07, 6.45) is 3.97. The Bertz CT molecular complexity index is 989. The lowest BCUT2D eigenvalue weighted by Gasteiger charge is -2.08. The molecule has 0 unspecified atom stereocenters. The summed E-state index contributed by atoms with van der Waals surface area (Å²) < 4.78 is 24.1. The molecule has 1 aliphatic rings. The minimum Gasteiger partial charge on any atom is -0.476 e. The van der Waals surface area contributed by atoms with E-state index in [9.17, 15) is 9.18 Å². The van der Waals surface area contributed by atoms with E-state index in [1.807, 2.05) is 30.3 Å². The Hall–Kier alpha value is -2.87. The third kappa shape index (κ3) is 4.33. The first-order valence-corrected chi connectivity index (χ1v) is 9.72. The molecule has 1 amide bonds.